The molecule has 0 aromatic heterocycles. The Hall–Kier alpha value is -1.43. The lowest BCUT2D eigenvalue weighted by molar-refractivity contribution is -0.136. The summed E-state index contributed by atoms with van der Waals surface area (Å²) in [5.74, 6) is -0.968. The number of benzene rings is 1. The summed E-state index contributed by atoms with van der Waals surface area (Å²) < 4.78 is 40.6. The van der Waals surface area contributed by atoms with Crippen molar-refractivity contribution in [1.82, 2.24) is 0 Å². The van der Waals surface area contributed by atoms with Crippen molar-refractivity contribution in [2.75, 3.05) is 6.61 Å². The van der Waals surface area contributed by atoms with Crippen LogP contribution in [0, 0.1) is 0 Å². The van der Waals surface area contributed by atoms with Crippen molar-refractivity contribution in [3.05, 3.63) is 28.8 Å². The Bertz CT molecular complexity index is 432. The van der Waals surface area contributed by atoms with E-state index in [1.165, 1.54) is 18.2 Å². The molecule has 0 atom stereocenters. The summed E-state index contributed by atoms with van der Waals surface area (Å²) >= 11 is 5.73. The van der Waals surface area contributed by atoms with Crippen LogP contribution in [-0.4, -0.2) is 23.9 Å². The first kappa shape index (κ1) is 14.6. The summed E-state index contributed by atoms with van der Waals surface area (Å²) in [5, 5.41) is 8.74. The zero-order valence-electron chi connectivity index (χ0n) is 9.13. The SMILES string of the molecule is O=C(O)c1ccc(OCCCC(F)(F)F)c(Cl)c1. The third kappa shape index (κ3) is 4.83. The van der Waals surface area contributed by atoms with Crippen LogP contribution in [0.5, 0.6) is 5.75 Å². The molecule has 3 nitrogen and oxygen atoms in total. The van der Waals surface area contributed by atoms with E-state index < -0.39 is 18.6 Å². The maximum absolute atomic E-state index is 11.9. The van der Waals surface area contributed by atoms with Gasteiger partial charge in [0.15, 0.2) is 0 Å². The first-order chi connectivity index (χ1) is 8.29. The molecule has 7 heteroatoms. The van der Waals surface area contributed by atoms with Crippen molar-refractivity contribution in [3.63, 3.8) is 0 Å². The molecule has 0 amide bonds. The van der Waals surface area contributed by atoms with Gasteiger partial charge in [-0.1, -0.05) is 11.6 Å². The normalized spacial score (nSPS) is 11.3. The Kier molecular flexibility index (Phi) is 4.84. The van der Waals surface area contributed by atoms with Crippen LogP contribution >= 0.6 is 11.6 Å². The van der Waals surface area contributed by atoms with Crippen LogP contribution in [0.4, 0.5) is 13.2 Å². The van der Waals surface area contributed by atoms with Crippen LogP contribution in [0.15, 0.2) is 18.2 Å². The molecule has 18 heavy (non-hydrogen) atoms. The van der Waals surface area contributed by atoms with Gasteiger partial charge >= 0.3 is 12.1 Å². The average molecular weight is 283 g/mol. The Morgan fingerprint density at radius 1 is 1.39 bits per heavy atom. The highest BCUT2D eigenvalue weighted by molar-refractivity contribution is 6.32. The number of hydrogen-bond acceptors (Lipinski definition) is 2. The Balaban J connectivity index is 2.51. The fourth-order valence-corrected chi connectivity index (χ4v) is 1.44. The van der Waals surface area contributed by atoms with Gasteiger partial charge < -0.3 is 9.84 Å². The molecule has 0 spiro atoms. The topological polar surface area (TPSA) is 46.5 Å². The lowest BCUT2D eigenvalue weighted by Crippen LogP contribution is -2.09. The molecule has 0 unspecified atom stereocenters. The van der Waals surface area contributed by atoms with Crippen molar-refractivity contribution in [1.29, 1.82) is 0 Å². The van der Waals surface area contributed by atoms with Crippen molar-refractivity contribution < 1.29 is 27.8 Å². The molecule has 0 aliphatic heterocycles. The van der Waals surface area contributed by atoms with Crippen LogP contribution in [0.3, 0.4) is 0 Å². The number of carbonyl (C=O) groups is 1. The van der Waals surface area contributed by atoms with Gasteiger partial charge in [-0.15, -0.1) is 0 Å². The smallest absolute Gasteiger partial charge is 0.389 e. The number of aromatic carboxylic acids is 1. The molecule has 0 radical (unpaired) electrons. The van der Waals surface area contributed by atoms with Gasteiger partial charge in [0, 0.05) is 6.42 Å². The average Bonchev–Trinajstić information content (AvgIpc) is 2.24. The lowest BCUT2D eigenvalue weighted by atomic mass is 10.2. The highest BCUT2D eigenvalue weighted by atomic mass is 35.5. The number of rotatable bonds is 5. The third-order valence-corrected chi connectivity index (χ3v) is 2.34. The number of carboxylic acids is 1. The minimum Gasteiger partial charge on any atom is -0.492 e. The number of carboxylic acid groups (broad SMARTS) is 1. The number of alkyl halides is 3. The second-order valence-corrected chi connectivity index (χ2v) is 3.92. The van der Waals surface area contributed by atoms with E-state index in [4.69, 9.17) is 21.4 Å². The van der Waals surface area contributed by atoms with Gasteiger partial charge in [-0.2, -0.15) is 13.2 Å². The molecule has 0 saturated heterocycles. The van der Waals surface area contributed by atoms with Gasteiger partial charge in [-0.05, 0) is 24.6 Å². The number of halogens is 4. The second kappa shape index (κ2) is 5.95. The Morgan fingerprint density at radius 3 is 2.56 bits per heavy atom. The zero-order chi connectivity index (χ0) is 13.8. The fraction of sp³-hybridized carbons (Fsp3) is 0.364. The summed E-state index contributed by atoms with van der Waals surface area (Å²) in [6, 6.07) is 3.77. The maximum Gasteiger partial charge on any atom is 0.389 e. The third-order valence-electron chi connectivity index (χ3n) is 2.04. The van der Waals surface area contributed by atoms with Gasteiger partial charge in [0.05, 0.1) is 17.2 Å². The second-order valence-electron chi connectivity index (χ2n) is 3.52. The van der Waals surface area contributed by atoms with Crippen molar-refractivity contribution in [2.24, 2.45) is 0 Å². The highest BCUT2D eigenvalue weighted by Crippen LogP contribution is 2.26. The van der Waals surface area contributed by atoms with E-state index in [1.54, 1.807) is 0 Å². The van der Waals surface area contributed by atoms with E-state index in [0.29, 0.717) is 0 Å². The van der Waals surface area contributed by atoms with E-state index in [1.807, 2.05) is 0 Å². The van der Waals surface area contributed by atoms with Crippen LogP contribution in [0.1, 0.15) is 23.2 Å². The van der Waals surface area contributed by atoms with Crippen LogP contribution in [-0.2, 0) is 0 Å². The van der Waals surface area contributed by atoms with E-state index >= 15 is 0 Å². The number of ether oxygens (including phenoxy) is 1. The minimum atomic E-state index is -4.21. The Morgan fingerprint density at radius 2 is 2.06 bits per heavy atom. The predicted molar refractivity (Wildman–Crippen MR) is 59.2 cm³/mol. The number of hydrogen-bond donors (Lipinski definition) is 1. The molecule has 0 fully saturated rings. The summed E-state index contributed by atoms with van der Waals surface area (Å²) in [6.45, 7) is -0.133. The molecule has 100 valence electrons. The van der Waals surface area contributed by atoms with Gasteiger partial charge in [0.2, 0.25) is 0 Å². The maximum atomic E-state index is 11.9. The molecule has 0 aliphatic carbocycles. The summed E-state index contributed by atoms with van der Waals surface area (Å²) in [4.78, 5) is 10.6. The van der Waals surface area contributed by atoms with Crippen LogP contribution < -0.4 is 4.74 Å². The minimum absolute atomic E-state index is 0.0114. The Labute approximate surface area is 106 Å². The standard InChI is InChI=1S/C11H10ClF3O3/c12-8-6-7(10(16)17)2-3-9(8)18-5-1-4-11(13,14)15/h2-3,6H,1,4-5H2,(H,16,17). The van der Waals surface area contributed by atoms with Crippen molar-refractivity contribution in [3.8, 4) is 5.75 Å². The van der Waals surface area contributed by atoms with Gasteiger partial charge in [0.25, 0.3) is 0 Å². The molecular formula is C11H10ClF3O3. The molecule has 0 bridgehead atoms. The van der Waals surface area contributed by atoms with Gasteiger partial charge in [-0.3, -0.25) is 0 Å². The summed E-state index contributed by atoms with van der Waals surface area (Å²) in [7, 11) is 0. The quantitative estimate of drug-likeness (QED) is 0.837. The fourth-order valence-electron chi connectivity index (χ4n) is 1.21. The van der Waals surface area contributed by atoms with E-state index in [-0.39, 0.29) is 29.4 Å². The van der Waals surface area contributed by atoms with E-state index in [0.717, 1.165) is 0 Å². The van der Waals surface area contributed by atoms with Gasteiger partial charge in [0.1, 0.15) is 5.75 Å². The molecule has 0 aliphatic rings. The first-order valence-electron chi connectivity index (χ1n) is 5.02. The van der Waals surface area contributed by atoms with Crippen LogP contribution in [0.2, 0.25) is 5.02 Å². The molecule has 1 N–H and O–H groups in total. The summed E-state index contributed by atoms with van der Waals surface area (Å²) in [5.41, 5.74) is -0.0114. The zero-order valence-corrected chi connectivity index (χ0v) is 9.88. The first-order valence-corrected chi connectivity index (χ1v) is 5.40. The molecule has 0 heterocycles. The van der Waals surface area contributed by atoms with Crippen molar-refractivity contribution in [2.45, 2.75) is 19.0 Å². The summed E-state index contributed by atoms with van der Waals surface area (Å²) in [6.07, 6.45) is -5.32. The van der Waals surface area contributed by atoms with Crippen LogP contribution in [0.25, 0.3) is 0 Å². The van der Waals surface area contributed by atoms with E-state index in [9.17, 15) is 18.0 Å². The van der Waals surface area contributed by atoms with Gasteiger partial charge in [-0.25, -0.2) is 4.79 Å². The molecule has 0 saturated carbocycles. The predicted octanol–water partition coefficient (Wildman–Crippen LogP) is 3.76. The van der Waals surface area contributed by atoms with E-state index in [2.05, 4.69) is 0 Å². The molecular weight excluding hydrogens is 273 g/mol. The molecule has 1 rings (SSSR count). The largest absolute Gasteiger partial charge is 0.492 e. The molecule has 1 aromatic carbocycles. The lowest BCUT2D eigenvalue weighted by Gasteiger charge is -2.09. The van der Waals surface area contributed by atoms with Crippen molar-refractivity contribution >= 4 is 17.6 Å². The highest BCUT2D eigenvalue weighted by Gasteiger charge is 2.26. The molecule has 1 aromatic rings. The monoisotopic (exact) mass is 282 g/mol.